The van der Waals surface area contributed by atoms with E-state index in [2.05, 4.69) is 24.1 Å². The minimum atomic E-state index is -0.202. The molecule has 0 bridgehead atoms. The van der Waals surface area contributed by atoms with Crippen molar-refractivity contribution in [3.05, 3.63) is 17.5 Å². The van der Waals surface area contributed by atoms with Crippen molar-refractivity contribution in [3.63, 3.8) is 0 Å². The molecule has 20 heavy (non-hydrogen) atoms. The van der Waals surface area contributed by atoms with Crippen LogP contribution in [0.3, 0.4) is 0 Å². The van der Waals surface area contributed by atoms with Crippen molar-refractivity contribution >= 4 is 27.9 Å². The third-order valence-electron chi connectivity index (χ3n) is 2.78. The lowest BCUT2D eigenvalue weighted by atomic mass is 10.2. The van der Waals surface area contributed by atoms with Crippen molar-refractivity contribution in [2.24, 2.45) is 0 Å². The highest BCUT2D eigenvalue weighted by atomic mass is 32.1. The number of nitrogen functional groups attached to an aromatic ring is 1. The van der Waals surface area contributed by atoms with Gasteiger partial charge in [0.25, 0.3) is 5.91 Å². The Morgan fingerprint density at radius 2 is 2.25 bits per heavy atom. The number of carbonyl (C=O) groups excluding carboxylic acids is 1. The van der Waals surface area contributed by atoms with Crippen LogP contribution in [0.15, 0.2) is 12.7 Å². The van der Waals surface area contributed by atoms with Crippen LogP contribution in [-0.4, -0.2) is 26.1 Å². The van der Waals surface area contributed by atoms with E-state index in [4.69, 9.17) is 10.5 Å². The highest BCUT2D eigenvalue weighted by molar-refractivity contribution is 7.19. The first-order chi connectivity index (χ1) is 9.65. The molecule has 5 nitrogen and oxygen atoms in total. The van der Waals surface area contributed by atoms with Crippen LogP contribution in [-0.2, 0) is 0 Å². The molecule has 0 saturated heterocycles. The summed E-state index contributed by atoms with van der Waals surface area (Å²) in [5.41, 5.74) is 6.36. The fraction of sp³-hybridized carbons (Fsp3) is 0.500. The van der Waals surface area contributed by atoms with Gasteiger partial charge in [-0.2, -0.15) is 0 Å². The Bertz CT molecular complexity index is 458. The van der Waals surface area contributed by atoms with Crippen LogP contribution < -0.4 is 21.1 Å². The molecule has 0 saturated carbocycles. The van der Waals surface area contributed by atoms with Gasteiger partial charge in [-0.1, -0.05) is 25.8 Å². The zero-order chi connectivity index (χ0) is 15.0. The summed E-state index contributed by atoms with van der Waals surface area (Å²) in [7, 11) is 1.56. The fourth-order valence-electron chi connectivity index (χ4n) is 1.74. The number of carbonyl (C=O) groups is 1. The van der Waals surface area contributed by atoms with E-state index >= 15 is 0 Å². The van der Waals surface area contributed by atoms with Crippen LogP contribution in [0, 0.1) is 0 Å². The molecule has 112 valence electrons. The first-order valence-electron chi connectivity index (χ1n) is 6.74. The highest BCUT2D eigenvalue weighted by Crippen LogP contribution is 2.42. The Hall–Kier alpha value is -1.69. The summed E-state index contributed by atoms with van der Waals surface area (Å²) >= 11 is 1.32. The number of unbranched alkanes of at least 4 members (excludes halogenated alkanes) is 2. The summed E-state index contributed by atoms with van der Waals surface area (Å²) in [6, 6.07) is 0. The number of methoxy groups -OCH3 is 1. The quantitative estimate of drug-likeness (QED) is 0.484. The van der Waals surface area contributed by atoms with Crippen molar-refractivity contribution in [1.82, 2.24) is 5.32 Å². The molecule has 1 aromatic rings. The lowest BCUT2D eigenvalue weighted by molar-refractivity contribution is 0.0962. The molecule has 4 N–H and O–H groups in total. The standard InChI is InChI=1S/C14H23N3O2S/c1-4-6-7-9-17-14-11(19-3)10(15)12(20-14)13(18)16-8-5-2/h5,17H,2,4,6-9,15H2,1,3H3,(H,16,18). The van der Waals surface area contributed by atoms with E-state index in [0.29, 0.717) is 22.9 Å². The Morgan fingerprint density at radius 1 is 1.50 bits per heavy atom. The number of amides is 1. The molecule has 0 atom stereocenters. The minimum absolute atomic E-state index is 0.202. The number of rotatable bonds is 9. The maximum absolute atomic E-state index is 12.0. The molecule has 0 spiro atoms. The number of hydrogen-bond donors (Lipinski definition) is 3. The van der Waals surface area contributed by atoms with E-state index in [0.717, 1.165) is 18.0 Å². The molecule has 1 heterocycles. The van der Waals surface area contributed by atoms with Gasteiger partial charge in [0, 0.05) is 13.1 Å². The second-order valence-corrected chi connectivity index (χ2v) is 5.36. The van der Waals surface area contributed by atoms with Crippen LogP contribution in [0.1, 0.15) is 35.9 Å². The monoisotopic (exact) mass is 297 g/mol. The molecular weight excluding hydrogens is 274 g/mol. The van der Waals surface area contributed by atoms with E-state index < -0.39 is 0 Å². The topological polar surface area (TPSA) is 76.4 Å². The van der Waals surface area contributed by atoms with Gasteiger partial charge in [-0.3, -0.25) is 4.79 Å². The predicted molar refractivity (Wildman–Crippen MR) is 85.8 cm³/mol. The average Bonchev–Trinajstić information content (AvgIpc) is 2.77. The van der Waals surface area contributed by atoms with Crippen LogP contribution in [0.25, 0.3) is 0 Å². The molecule has 0 unspecified atom stereocenters. The Labute approximate surface area is 124 Å². The summed E-state index contributed by atoms with van der Waals surface area (Å²) < 4.78 is 5.29. The van der Waals surface area contributed by atoms with E-state index in [-0.39, 0.29) is 5.91 Å². The zero-order valence-electron chi connectivity index (χ0n) is 12.1. The number of nitrogens with two attached hydrogens (primary N) is 1. The first kappa shape index (κ1) is 16.4. The molecular formula is C14H23N3O2S. The van der Waals surface area contributed by atoms with Gasteiger partial charge in [0.2, 0.25) is 0 Å². The molecule has 0 fully saturated rings. The van der Waals surface area contributed by atoms with Gasteiger partial charge < -0.3 is 21.1 Å². The predicted octanol–water partition coefficient (Wildman–Crippen LogP) is 2.86. The molecule has 1 amide bonds. The van der Waals surface area contributed by atoms with Crippen molar-refractivity contribution in [1.29, 1.82) is 0 Å². The van der Waals surface area contributed by atoms with Crippen molar-refractivity contribution in [2.75, 3.05) is 31.2 Å². The third kappa shape index (κ3) is 4.16. The van der Waals surface area contributed by atoms with E-state index in [9.17, 15) is 4.79 Å². The number of ether oxygens (including phenoxy) is 1. The molecule has 0 aliphatic heterocycles. The largest absolute Gasteiger partial charge is 0.492 e. The summed E-state index contributed by atoms with van der Waals surface area (Å²) in [5, 5.41) is 6.82. The van der Waals surface area contributed by atoms with Crippen molar-refractivity contribution in [3.8, 4) is 5.75 Å². The smallest absolute Gasteiger partial charge is 0.263 e. The van der Waals surface area contributed by atoms with E-state index in [1.165, 1.54) is 24.2 Å². The van der Waals surface area contributed by atoms with Gasteiger partial charge in [0.05, 0.1) is 7.11 Å². The SMILES string of the molecule is C=CCNC(=O)c1sc(NCCCCC)c(OC)c1N. The number of nitrogens with one attached hydrogen (secondary N) is 2. The van der Waals surface area contributed by atoms with E-state index in [1.54, 1.807) is 13.2 Å². The van der Waals surface area contributed by atoms with Gasteiger partial charge in [0.15, 0.2) is 5.75 Å². The highest BCUT2D eigenvalue weighted by Gasteiger charge is 2.21. The van der Waals surface area contributed by atoms with Crippen LogP contribution in [0.4, 0.5) is 10.7 Å². The number of thiophene rings is 1. The number of hydrogen-bond acceptors (Lipinski definition) is 5. The van der Waals surface area contributed by atoms with Gasteiger partial charge >= 0.3 is 0 Å². The normalized spacial score (nSPS) is 10.1. The Morgan fingerprint density at radius 3 is 2.85 bits per heavy atom. The Kier molecular flexibility index (Phi) is 6.93. The second-order valence-electron chi connectivity index (χ2n) is 4.34. The number of anilines is 2. The van der Waals surface area contributed by atoms with Crippen LogP contribution >= 0.6 is 11.3 Å². The molecule has 0 aliphatic carbocycles. The van der Waals surface area contributed by atoms with Crippen molar-refractivity contribution in [2.45, 2.75) is 26.2 Å². The summed E-state index contributed by atoms with van der Waals surface area (Å²) in [4.78, 5) is 12.4. The zero-order valence-corrected chi connectivity index (χ0v) is 12.9. The summed E-state index contributed by atoms with van der Waals surface area (Å²) in [6.45, 7) is 6.98. The fourth-order valence-corrected chi connectivity index (χ4v) is 2.77. The molecule has 0 aromatic carbocycles. The average molecular weight is 297 g/mol. The van der Waals surface area contributed by atoms with Gasteiger partial charge in [-0.25, -0.2) is 0 Å². The maximum Gasteiger partial charge on any atom is 0.263 e. The second kappa shape index (κ2) is 8.47. The first-order valence-corrected chi connectivity index (χ1v) is 7.56. The van der Waals surface area contributed by atoms with Crippen LogP contribution in [0.5, 0.6) is 5.75 Å². The molecule has 1 aromatic heterocycles. The Balaban J connectivity index is 2.79. The minimum Gasteiger partial charge on any atom is -0.492 e. The lowest BCUT2D eigenvalue weighted by Crippen LogP contribution is -2.23. The van der Waals surface area contributed by atoms with Gasteiger partial charge in [0.1, 0.15) is 15.6 Å². The van der Waals surface area contributed by atoms with Crippen LogP contribution in [0.2, 0.25) is 0 Å². The lowest BCUT2D eigenvalue weighted by Gasteiger charge is -2.06. The third-order valence-corrected chi connectivity index (χ3v) is 3.93. The van der Waals surface area contributed by atoms with Gasteiger partial charge in [-0.15, -0.1) is 17.9 Å². The molecule has 0 radical (unpaired) electrons. The molecule has 6 heteroatoms. The summed E-state index contributed by atoms with van der Waals surface area (Å²) in [5.74, 6) is 0.350. The molecule has 0 aliphatic rings. The van der Waals surface area contributed by atoms with Gasteiger partial charge in [-0.05, 0) is 6.42 Å². The summed E-state index contributed by atoms with van der Waals surface area (Å²) in [6.07, 6.45) is 5.04. The molecule has 1 rings (SSSR count). The van der Waals surface area contributed by atoms with Crippen molar-refractivity contribution < 1.29 is 9.53 Å². The maximum atomic E-state index is 12.0. The van der Waals surface area contributed by atoms with E-state index in [1.807, 2.05) is 0 Å².